The van der Waals surface area contributed by atoms with Gasteiger partial charge in [0.2, 0.25) is 0 Å². The van der Waals surface area contributed by atoms with Crippen LogP contribution in [0.25, 0.3) is 0 Å². The molecule has 0 N–H and O–H groups in total. The molecule has 0 fully saturated rings. The summed E-state index contributed by atoms with van der Waals surface area (Å²) >= 11 is 0. The van der Waals surface area contributed by atoms with Crippen LogP contribution in [0.4, 0.5) is 26.3 Å². The number of halogens is 6. The quantitative estimate of drug-likeness (QED) is 0.457. The van der Waals surface area contributed by atoms with Crippen LogP contribution < -0.4 is 0 Å². The summed E-state index contributed by atoms with van der Waals surface area (Å²) in [7, 11) is 0. The van der Waals surface area contributed by atoms with Gasteiger partial charge in [-0.2, -0.15) is 26.3 Å². The topological polar surface area (TPSA) is 6.48 Å². The number of hydrogen-bond donors (Lipinski definition) is 0. The SMILES string of the molecule is CC1N(C(F)(F)F)C=CN1C(F)(F)F. The first kappa shape index (κ1) is 11.0. The van der Waals surface area contributed by atoms with E-state index in [1.807, 2.05) is 0 Å². The molecule has 0 aromatic rings. The first-order valence-electron chi connectivity index (χ1n) is 3.52. The molecule has 0 unspecified atom stereocenters. The zero-order valence-corrected chi connectivity index (χ0v) is 6.89. The Hall–Kier alpha value is -1.08. The fourth-order valence-electron chi connectivity index (χ4n) is 1.12. The minimum Gasteiger partial charge on any atom is -0.269 e. The van der Waals surface area contributed by atoms with Crippen molar-refractivity contribution < 1.29 is 26.3 Å². The highest BCUT2D eigenvalue weighted by Crippen LogP contribution is 2.35. The van der Waals surface area contributed by atoms with Crippen molar-refractivity contribution in [3.63, 3.8) is 0 Å². The summed E-state index contributed by atoms with van der Waals surface area (Å²) in [5.74, 6) is 0. The Morgan fingerprint density at radius 2 is 1.14 bits per heavy atom. The van der Waals surface area contributed by atoms with Gasteiger partial charge in [-0.25, -0.2) is 0 Å². The van der Waals surface area contributed by atoms with Gasteiger partial charge in [0.15, 0.2) is 0 Å². The second-order valence-corrected chi connectivity index (χ2v) is 2.68. The van der Waals surface area contributed by atoms with E-state index in [-0.39, 0.29) is 9.80 Å². The van der Waals surface area contributed by atoms with Crippen LogP contribution in [-0.4, -0.2) is 28.6 Å². The third-order valence-corrected chi connectivity index (χ3v) is 1.78. The van der Waals surface area contributed by atoms with Crippen molar-refractivity contribution in [2.45, 2.75) is 25.7 Å². The molecule has 0 spiro atoms. The van der Waals surface area contributed by atoms with Gasteiger partial charge in [-0.15, -0.1) is 0 Å². The first-order valence-corrected chi connectivity index (χ1v) is 3.52. The van der Waals surface area contributed by atoms with E-state index in [0.717, 1.165) is 6.92 Å². The summed E-state index contributed by atoms with van der Waals surface area (Å²) in [5.41, 5.74) is 0. The fourth-order valence-corrected chi connectivity index (χ4v) is 1.12. The summed E-state index contributed by atoms with van der Waals surface area (Å²) < 4.78 is 72.3. The van der Waals surface area contributed by atoms with Crippen LogP contribution in [0, 0.1) is 0 Å². The lowest BCUT2D eigenvalue weighted by molar-refractivity contribution is -0.285. The summed E-state index contributed by atoms with van der Waals surface area (Å²) in [5, 5.41) is 0. The monoisotopic (exact) mass is 220 g/mol. The summed E-state index contributed by atoms with van der Waals surface area (Å²) in [6.07, 6.45) is -10.7. The van der Waals surface area contributed by atoms with Crippen LogP contribution in [-0.2, 0) is 0 Å². The highest BCUT2D eigenvalue weighted by Gasteiger charge is 2.49. The average Bonchev–Trinajstić information content (AvgIpc) is 2.26. The Labute approximate surface area is 75.4 Å². The van der Waals surface area contributed by atoms with Gasteiger partial charge in [-0.3, -0.25) is 9.80 Å². The molecule has 1 aliphatic rings. The second-order valence-electron chi connectivity index (χ2n) is 2.68. The van der Waals surface area contributed by atoms with Crippen molar-refractivity contribution >= 4 is 0 Å². The predicted octanol–water partition coefficient (Wildman–Crippen LogP) is 2.46. The molecule has 82 valence electrons. The Morgan fingerprint density at radius 3 is 1.29 bits per heavy atom. The normalized spacial score (nSPS) is 19.6. The standard InChI is InChI=1S/C6H6F6N2/c1-4-13(5(7,8)9)2-3-14(4)6(10,11)12/h2-4H,1H3. The Bertz CT molecular complexity index is 218. The van der Waals surface area contributed by atoms with Gasteiger partial charge >= 0.3 is 12.6 Å². The first-order chi connectivity index (χ1) is 6.14. The van der Waals surface area contributed by atoms with Crippen LogP contribution in [0.15, 0.2) is 12.4 Å². The van der Waals surface area contributed by atoms with Gasteiger partial charge in [0.05, 0.1) is 0 Å². The molecule has 0 atom stereocenters. The molecule has 0 aromatic heterocycles. The predicted molar refractivity (Wildman–Crippen MR) is 34.4 cm³/mol. The van der Waals surface area contributed by atoms with Crippen LogP contribution in [0.5, 0.6) is 0 Å². The third-order valence-electron chi connectivity index (χ3n) is 1.78. The van der Waals surface area contributed by atoms with Crippen LogP contribution in [0.2, 0.25) is 0 Å². The van der Waals surface area contributed by atoms with Crippen LogP contribution >= 0.6 is 0 Å². The molecule has 0 aromatic carbocycles. The molecule has 2 nitrogen and oxygen atoms in total. The summed E-state index contributed by atoms with van der Waals surface area (Å²) in [6, 6.07) is 0. The maximum absolute atomic E-state index is 12.1. The molecule has 0 aliphatic carbocycles. The highest BCUT2D eigenvalue weighted by atomic mass is 19.4. The van der Waals surface area contributed by atoms with Gasteiger partial charge < -0.3 is 0 Å². The second kappa shape index (κ2) is 2.96. The maximum atomic E-state index is 12.1. The van der Waals surface area contributed by atoms with Crippen molar-refractivity contribution in [1.82, 2.24) is 9.80 Å². The van der Waals surface area contributed by atoms with E-state index in [9.17, 15) is 26.3 Å². The van der Waals surface area contributed by atoms with Gasteiger partial charge in [-0.1, -0.05) is 0 Å². The van der Waals surface area contributed by atoms with E-state index in [2.05, 4.69) is 0 Å². The molecule has 0 saturated heterocycles. The molecule has 1 heterocycles. The Morgan fingerprint density at radius 1 is 0.857 bits per heavy atom. The van der Waals surface area contributed by atoms with E-state index in [1.165, 1.54) is 0 Å². The Balaban J connectivity index is 2.81. The van der Waals surface area contributed by atoms with E-state index in [1.54, 1.807) is 0 Å². The molecule has 14 heavy (non-hydrogen) atoms. The van der Waals surface area contributed by atoms with Crippen molar-refractivity contribution in [2.24, 2.45) is 0 Å². The average molecular weight is 220 g/mol. The lowest BCUT2D eigenvalue weighted by Crippen LogP contribution is -2.48. The smallest absolute Gasteiger partial charge is 0.269 e. The fraction of sp³-hybridized carbons (Fsp3) is 0.667. The van der Waals surface area contributed by atoms with Crippen molar-refractivity contribution in [1.29, 1.82) is 0 Å². The zero-order chi connectivity index (χ0) is 11.1. The number of hydrogen-bond acceptors (Lipinski definition) is 2. The van der Waals surface area contributed by atoms with Gasteiger partial charge in [0, 0.05) is 12.4 Å². The highest BCUT2D eigenvalue weighted by molar-refractivity contribution is 4.97. The number of nitrogens with zero attached hydrogens (tertiary/aromatic N) is 2. The van der Waals surface area contributed by atoms with Crippen LogP contribution in [0.3, 0.4) is 0 Å². The minimum atomic E-state index is -4.80. The van der Waals surface area contributed by atoms with E-state index < -0.39 is 18.8 Å². The molecule has 0 amide bonds. The summed E-state index contributed by atoms with van der Waals surface area (Å²) in [4.78, 5) is -0.638. The van der Waals surface area contributed by atoms with E-state index >= 15 is 0 Å². The molecule has 8 heteroatoms. The van der Waals surface area contributed by atoms with Crippen molar-refractivity contribution in [3.8, 4) is 0 Å². The number of alkyl halides is 6. The van der Waals surface area contributed by atoms with Gasteiger partial charge in [0.1, 0.15) is 6.17 Å². The molecular weight excluding hydrogens is 214 g/mol. The Kier molecular flexibility index (Phi) is 2.32. The van der Waals surface area contributed by atoms with E-state index in [4.69, 9.17) is 0 Å². The number of rotatable bonds is 0. The zero-order valence-electron chi connectivity index (χ0n) is 6.89. The molecule has 0 radical (unpaired) electrons. The molecule has 1 aliphatic heterocycles. The largest absolute Gasteiger partial charge is 0.486 e. The van der Waals surface area contributed by atoms with Crippen LogP contribution in [0.1, 0.15) is 6.92 Å². The lowest BCUT2D eigenvalue weighted by Gasteiger charge is -2.31. The van der Waals surface area contributed by atoms with Gasteiger partial charge in [0.25, 0.3) is 0 Å². The molecule has 1 rings (SSSR count). The van der Waals surface area contributed by atoms with Crippen molar-refractivity contribution in [3.05, 3.63) is 12.4 Å². The van der Waals surface area contributed by atoms with E-state index in [0.29, 0.717) is 12.4 Å². The molecular formula is C6H6F6N2. The molecule has 0 saturated carbocycles. The molecule has 0 bridgehead atoms. The third kappa shape index (κ3) is 1.88. The summed E-state index contributed by atoms with van der Waals surface area (Å²) in [6.45, 7) is 0.820. The van der Waals surface area contributed by atoms with Crippen molar-refractivity contribution in [2.75, 3.05) is 0 Å². The maximum Gasteiger partial charge on any atom is 0.486 e. The lowest BCUT2D eigenvalue weighted by atomic mass is 10.5. The minimum absolute atomic E-state index is 0.319. The van der Waals surface area contributed by atoms with Gasteiger partial charge in [-0.05, 0) is 6.92 Å².